The molecule has 33 heavy (non-hydrogen) atoms. The summed E-state index contributed by atoms with van der Waals surface area (Å²) in [7, 11) is 0. The summed E-state index contributed by atoms with van der Waals surface area (Å²) in [6.07, 6.45) is 4.69. The maximum absolute atomic E-state index is 12.8. The van der Waals surface area contributed by atoms with E-state index in [4.69, 9.17) is 11.5 Å². The molecule has 0 spiro atoms. The topological polar surface area (TPSA) is 222 Å². The predicted molar refractivity (Wildman–Crippen MR) is 121 cm³/mol. The molecule has 1 aromatic heterocycles. The van der Waals surface area contributed by atoms with Crippen molar-refractivity contribution in [2.75, 3.05) is 12.0 Å². The summed E-state index contributed by atoms with van der Waals surface area (Å²) in [6, 6.07) is -4.34. The molecule has 0 aromatic carbocycles. The van der Waals surface area contributed by atoms with Crippen molar-refractivity contribution < 1.29 is 29.1 Å². The van der Waals surface area contributed by atoms with Gasteiger partial charge in [0.25, 0.3) is 0 Å². The van der Waals surface area contributed by atoms with Gasteiger partial charge < -0.3 is 37.5 Å². The van der Waals surface area contributed by atoms with E-state index >= 15 is 0 Å². The van der Waals surface area contributed by atoms with Crippen LogP contribution in [0.15, 0.2) is 12.5 Å². The molecule has 0 saturated heterocycles. The van der Waals surface area contributed by atoms with Crippen molar-refractivity contribution in [3.8, 4) is 0 Å². The van der Waals surface area contributed by atoms with Gasteiger partial charge in [0, 0.05) is 24.7 Å². The SMILES string of the molecule is CSCCC(N)C(=O)NC(C)C(=O)NC(Cc1cnc[nH]1)C(=O)NC(CCC(N)=O)C(=O)O. The number of aromatic amines is 1. The van der Waals surface area contributed by atoms with Gasteiger partial charge in [0.15, 0.2) is 0 Å². The predicted octanol–water partition coefficient (Wildman–Crippen LogP) is -2.14. The second-order valence-electron chi connectivity index (χ2n) is 7.36. The number of hydrogen-bond acceptors (Lipinski definition) is 8. The number of aromatic nitrogens is 2. The van der Waals surface area contributed by atoms with Crippen LogP contribution in [-0.2, 0) is 30.4 Å². The highest BCUT2D eigenvalue weighted by atomic mass is 32.2. The average Bonchev–Trinajstić information content (AvgIpc) is 3.26. The quantitative estimate of drug-likeness (QED) is 0.144. The van der Waals surface area contributed by atoms with Gasteiger partial charge in [0.1, 0.15) is 18.1 Å². The zero-order chi connectivity index (χ0) is 25.0. The van der Waals surface area contributed by atoms with Crippen molar-refractivity contribution in [2.24, 2.45) is 11.5 Å². The Hall–Kier alpha value is -3.13. The Morgan fingerprint density at radius 2 is 1.76 bits per heavy atom. The molecule has 0 radical (unpaired) electrons. The lowest BCUT2D eigenvalue weighted by Crippen LogP contribution is -2.57. The minimum Gasteiger partial charge on any atom is -0.480 e. The number of H-pyrrole nitrogens is 1. The van der Waals surface area contributed by atoms with E-state index in [1.165, 1.54) is 31.2 Å². The minimum absolute atomic E-state index is 0.0202. The van der Waals surface area contributed by atoms with Crippen molar-refractivity contribution in [2.45, 2.75) is 56.8 Å². The number of amides is 4. The first-order valence-electron chi connectivity index (χ1n) is 10.2. The maximum atomic E-state index is 12.8. The van der Waals surface area contributed by atoms with Crippen LogP contribution in [0.5, 0.6) is 0 Å². The van der Waals surface area contributed by atoms with Crippen molar-refractivity contribution in [1.29, 1.82) is 0 Å². The first kappa shape index (κ1) is 27.9. The lowest BCUT2D eigenvalue weighted by Gasteiger charge is -2.23. The number of nitrogens with one attached hydrogen (secondary N) is 4. The van der Waals surface area contributed by atoms with Crippen molar-refractivity contribution in [3.63, 3.8) is 0 Å². The molecular weight excluding hydrogens is 454 g/mol. The summed E-state index contributed by atoms with van der Waals surface area (Å²) in [5.74, 6) is -3.33. The molecule has 1 rings (SSSR count). The minimum atomic E-state index is -1.38. The fraction of sp³-hybridized carbons (Fsp3) is 0.579. The zero-order valence-electron chi connectivity index (χ0n) is 18.5. The molecule has 14 heteroatoms. The smallest absolute Gasteiger partial charge is 0.326 e. The summed E-state index contributed by atoms with van der Waals surface area (Å²) >= 11 is 1.54. The van der Waals surface area contributed by atoms with Gasteiger partial charge in [-0.05, 0) is 31.8 Å². The number of carbonyl (C=O) groups excluding carboxylic acids is 4. The van der Waals surface area contributed by atoms with E-state index in [-0.39, 0.29) is 19.3 Å². The summed E-state index contributed by atoms with van der Waals surface area (Å²) in [5, 5.41) is 16.6. The molecule has 0 bridgehead atoms. The fourth-order valence-electron chi connectivity index (χ4n) is 2.70. The molecule has 0 aliphatic rings. The first-order valence-corrected chi connectivity index (χ1v) is 11.6. The number of imidazole rings is 1. The van der Waals surface area contributed by atoms with Crippen LogP contribution in [0.25, 0.3) is 0 Å². The lowest BCUT2D eigenvalue weighted by molar-refractivity contribution is -0.142. The molecule has 9 N–H and O–H groups in total. The first-order chi connectivity index (χ1) is 15.5. The molecule has 4 unspecified atom stereocenters. The molecule has 1 aromatic rings. The van der Waals surface area contributed by atoms with Gasteiger partial charge in [0.2, 0.25) is 23.6 Å². The van der Waals surface area contributed by atoms with Gasteiger partial charge in [-0.3, -0.25) is 19.2 Å². The summed E-state index contributed by atoms with van der Waals surface area (Å²) < 4.78 is 0. The van der Waals surface area contributed by atoms with Crippen LogP contribution >= 0.6 is 11.8 Å². The van der Waals surface area contributed by atoms with Gasteiger partial charge in [0.05, 0.1) is 12.4 Å². The fourth-order valence-corrected chi connectivity index (χ4v) is 3.19. The number of hydrogen-bond donors (Lipinski definition) is 7. The van der Waals surface area contributed by atoms with E-state index < -0.39 is 53.8 Å². The van der Waals surface area contributed by atoms with Crippen LogP contribution in [0.2, 0.25) is 0 Å². The highest BCUT2D eigenvalue weighted by molar-refractivity contribution is 7.98. The average molecular weight is 486 g/mol. The zero-order valence-corrected chi connectivity index (χ0v) is 19.3. The molecule has 0 fully saturated rings. The van der Waals surface area contributed by atoms with E-state index in [1.54, 1.807) is 0 Å². The number of thioether (sulfide) groups is 1. The largest absolute Gasteiger partial charge is 0.480 e. The molecule has 0 saturated carbocycles. The highest BCUT2D eigenvalue weighted by Gasteiger charge is 2.29. The number of nitrogens with two attached hydrogens (primary N) is 2. The van der Waals surface area contributed by atoms with Crippen molar-refractivity contribution >= 4 is 41.4 Å². The molecule has 184 valence electrons. The Bertz CT molecular complexity index is 820. The van der Waals surface area contributed by atoms with Gasteiger partial charge in [-0.2, -0.15) is 11.8 Å². The van der Waals surface area contributed by atoms with Crippen LogP contribution in [0.4, 0.5) is 0 Å². The number of primary amides is 1. The van der Waals surface area contributed by atoms with Crippen LogP contribution in [0, 0.1) is 0 Å². The van der Waals surface area contributed by atoms with E-state index in [2.05, 4.69) is 25.9 Å². The van der Waals surface area contributed by atoms with Crippen LogP contribution in [-0.4, -0.2) is 80.8 Å². The Morgan fingerprint density at radius 3 is 2.30 bits per heavy atom. The molecule has 4 amide bonds. The van der Waals surface area contributed by atoms with E-state index in [1.807, 2.05) is 6.26 Å². The Labute approximate surface area is 195 Å². The summed E-state index contributed by atoms with van der Waals surface area (Å²) in [4.78, 5) is 66.7. The van der Waals surface area contributed by atoms with Gasteiger partial charge in [-0.25, -0.2) is 9.78 Å². The summed E-state index contributed by atoms with van der Waals surface area (Å²) in [5.41, 5.74) is 11.4. The van der Waals surface area contributed by atoms with Crippen LogP contribution in [0.1, 0.15) is 31.9 Å². The molecule has 1 heterocycles. The second kappa shape index (κ2) is 14.1. The number of carbonyl (C=O) groups is 5. The van der Waals surface area contributed by atoms with Gasteiger partial charge >= 0.3 is 5.97 Å². The van der Waals surface area contributed by atoms with E-state index in [0.717, 1.165) is 0 Å². The third-order valence-electron chi connectivity index (χ3n) is 4.63. The molecule has 0 aliphatic heterocycles. The summed E-state index contributed by atoms with van der Waals surface area (Å²) in [6.45, 7) is 1.44. The monoisotopic (exact) mass is 485 g/mol. The number of nitrogens with zero attached hydrogens (tertiary/aromatic N) is 1. The second-order valence-corrected chi connectivity index (χ2v) is 8.35. The standard InChI is InChI=1S/C19H31N7O6S/c1-10(24-17(29)12(20)5-6-33-2)16(28)26-14(7-11-8-22-9-23-11)18(30)25-13(19(31)32)3-4-15(21)27/h8-10,12-14H,3-7,20H2,1-2H3,(H2,21,27)(H,22,23)(H,24,29)(H,25,30)(H,26,28)(H,31,32). The Morgan fingerprint density at radius 1 is 1.09 bits per heavy atom. The lowest BCUT2D eigenvalue weighted by atomic mass is 10.1. The molecule has 0 aliphatic carbocycles. The molecule has 4 atom stereocenters. The normalized spacial score (nSPS) is 14.4. The number of aliphatic carboxylic acids is 1. The van der Waals surface area contributed by atoms with E-state index in [0.29, 0.717) is 17.9 Å². The van der Waals surface area contributed by atoms with Crippen molar-refractivity contribution in [1.82, 2.24) is 25.9 Å². The third-order valence-corrected chi connectivity index (χ3v) is 5.27. The molecule has 13 nitrogen and oxygen atoms in total. The number of rotatable bonds is 15. The van der Waals surface area contributed by atoms with Gasteiger partial charge in [-0.15, -0.1) is 0 Å². The third kappa shape index (κ3) is 10.4. The van der Waals surface area contributed by atoms with Gasteiger partial charge in [-0.1, -0.05) is 0 Å². The van der Waals surface area contributed by atoms with Crippen LogP contribution in [0.3, 0.4) is 0 Å². The maximum Gasteiger partial charge on any atom is 0.326 e. The Kier molecular flexibility index (Phi) is 11.9. The number of carboxylic acid groups (broad SMARTS) is 1. The number of carboxylic acids is 1. The van der Waals surface area contributed by atoms with Crippen LogP contribution < -0.4 is 27.4 Å². The van der Waals surface area contributed by atoms with E-state index in [9.17, 15) is 29.1 Å². The van der Waals surface area contributed by atoms with Crippen molar-refractivity contribution in [3.05, 3.63) is 18.2 Å². The highest BCUT2D eigenvalue weighted by Crippen LogP contribution is 2.04. The Balaban J connectivity index is 2.85. The molecular formula is C19H31N7O6S.